The van der Waals surface area contributed by atoms with Crippen LogP contribution in [0.3, 0.4) is 0 Å². The van der Waals surface area contributed by atoms with Gasteiger partial charge in [0.2, 0.25) is 0 Å². The highest BCUT2D eigenvalue weighted by Gasteiger charge is 2.14. The van der Waals surface area contributed by atoms with Gasteiger partial charge in [0.05, 0.1) is 16.9 Å². The molecular formula is C13H13N3O3. The molecule has 0 fully saturated rings. The number of aliphatic carboxylic acids is 1. The number of carboxylic acid groups (broad SMARTS) is 1. The van der Waals surface area contributed by atoms with Crippen molar-refractivity contribution in [1.82, 2.24) is 15.1 Å². The molecule has 98 valence electrons. The largest absolute Gasteiger partial charge is 0.480 e. The van der Waals surface area contributed by atoms with Gasteiger partial charge in [0.25, 0.3) is 5.91 Å². The fourth-order valence-corrected chi connectivity index (χ4v) is 1.65. The summed E-state index contributed by atoms with van der Waals surface area (Å²) in [6.07, 6.45) is 1.59. The topological polar surface area (TPSA) is 84.2 Å². The average Bonchev–Trinajstić information content (AvgIpc) is 2.79. The van der Waals surface area contributed by atoms with Crippen molar-refractivity contribution in [2.24, 2.45) is 0 Å². The van der Waals surface area contributed by atoms with E-state index in [1.807, 2.05) is 30.3 Å². The van der Waals surface area contributed by atoms with Crippen molar-refractivity contribution in [2.45, 2.75) is 6.92 Å². The maximum Gasteiger partial charge on any atom is 0.322 e. The molecule has 0 bridgehead atoms. The molecule has 0 atom stereocenters. The van der Waals surface area contributed by atoms with E-state index < -0.39 is 18.4 Å². The van der Waals surface area contributed by atoms with Crippen molar-refractivity contribution >= 4 is 11.9 Å². The molecule has 0 aliphatic heterocycles. The molecule has 19 heavy (non-hydrogen) atoms. The normalized spacial score (nSPS) is 10.2. The lowest BCUT2D eigenvalue weighted by molar-refractivity contribution is -0.135. The highest BCUT2D eigenvalue weighted by molar-refractivity contribution is 5.96. The van der Waals surface area contributed by atoms with Gasteiger partial charge in [-0.3, -0.25) is 9.59 Å². The Balaban J connectivity index is 2.22. The zero-order valence-electron chi connectivity index (χ0n) is 10.3. The third kappa shape index (κ3) is 2.98. The van der Waals surface area contributed by atoms with Crippen molar-refractivity contribution in [3.8, 4) is 5.69 Å². The minimum atomic E-state index is -1.08. The molecule has 1 heterocycles. The Morgan fingerprint density at radius 3 is 2.63 bits per heavy atom. The Bertz CT molecular complexity index is 605. The number of rotatable bonds is 4. The number of amides is 1. The molecule has 0 spiro atoms. The second-order valence-electron chi connectivity index (χ2n) is 3.98. The van der Waals surface area contributed by atoms with Gasteiger partial charge in [0.1, 0.15) is 6.54 Å². The SMILES string of the molecule is Cc1nn(-c2ccccc2)cc1C(=O)NCC(=O)O. The first-order valence-corrected chi connectivity index (χ1v) is 5.69. The van der Waals surface area contributed by atoms with Gasteiger partial charge in [-0.1, -0.05) is 18.2 Å². The van der Waals surface area contributed by atoms with Crippen LogP contribution in [-0.2, 0) is 4.79 Å². The monoisotopic (exact) mass is 259 g/mol. The molecule has 0 unspecified atom stereocenters. The lowest BCUT2D eigenvalue weighted by atomic mass is 10.2. The quantitative estimate of drug-likeness (QED) is 0.857. The van der Waals surface area contributed by atoms with E-state index in [-0.39, 0.29) is 0 Å². The first kappa shape index (κ1) is 12.8. The number of hydrogen-bond donors (Lipinski definition) is 2. The van der Waals surface area contributed by atoms with Crippen LogP contribution in [0.1, 0.15) is 16.1 Å². The zero-order valence-corrected chi connectivity index (χ0v) is 10.3. The van der Waals surface area contributed by atoms with E-state index in [1.54, 1.807) is 17.8 Å². The molecule has 0 radical (unpaired) electrons. The number of hydrogen-bond acceptors (Lipinski definition) is 3. The number of carbonyl (C=O) groups is 2. The summed E-state index contributed by atoms with van der Waals surface area (Å²) in [5, 5.41) is 15.1. The highest BCUT2D eigenvalue weighted by Crippen LogP contribution is 2.11. The molecule has 1 amide bonds. The maximum absolute atomic E-state index is 11.8. The molecule has 6 heteroatoms. The fraction of sp³-hybridized carbons (Fsp3) is 0.154. The second kappa shape index (κ2) is 5.34. The predicted molar refractivity (Wildman–Crippen MR) is 68.3 cm³/mol. The van der Waals surface area contributed by atoms with Crippen LogP contribution in [0, 0.1) is 6.92 Å². The summed E-state index contributed by atoms with van der Waals surface area (Å²) >= 11 is 0. The maximum atomic E-state index is 11.8. The molecule has 0 saturated heterocycles. The van der Waals surface area contributed by atoms with Crippen LogP contribution in [0.15, 0.2) is 36.5 Å². The number of benzene rings is 1. The van der Waals surface area contributed by atoms with Crippen molar-refractivity contribution in [3.63, 3.8) is 0 Å². The summed E-state index contributed by atoms with van der Waals surface area (Å²) in [7, 11) is 0. The average molecular weight is 259 g/mol. The highest BCUT2D eigenvalue weighted by atomic mass is 16.4. The first-order chi connectivity index (χ1) is 9.08. The summed E-state index contributed by atoms with van der Waals surface area (Å²) in [6, 6.07) is 9.37. The molecule has 1 aromatic heterocycles. The summed E-state index contributed by atoms with van der Waals surface area (Å²) in [6.45, 7) is 1.30. The Hall–Kier alpha value is -2.63. The van der Waals surface area contributed by atoms with Crippen LogP contribution in [0.25, 0.3) is 5.69 Å². The van der Waals surface area contributed by atoms with Crippen LogP contribution in [0.4, 0.5) is 0 Å². The molecule has 0 aliphatic carbocycles. The minimum Gasteiger partial charge on any atom is -0.480 e. The molecule has 0 aliphatic rings. The number of carbonyl (C=O) groups excluding carboxylic acids is 1. The number of nitrogens with zero attached hydrogens (tertiary/aromatic N) is 2. The van der Waals surface area contributed by atoms with Gasteiger partial charge in [-0.2, -0.15) is 5.10 Å². The molecule has 2 aromatic rings. The van der Waals surface area contributed by atoms with Crippen molar-refractivity contribution in [3.05, 3.63) is 47.8 Å². The molecule has 2 N–H and O–H groups in total. The third-order valence-electron chi connectivity index (χ3n) is 2.56. The number of nitrogens with one attached hydrogen (secondary N) is 1. The van der Waals surface area contributed by atoms with E-state index in [1.165, 1.54) is 0 Å². The van der Waals surface area contributed by atoms with Gasteiger partial charge in [-0.05, 0) is 19.1 Å². The number of para-hydroxylation sites is 1. The van der Waals surface area contributed by atoms with Gasteiger partial charge in [0.15, 0.2) is 0 Å². The van der Waals surface area contributed by atoms with Gasteiger partial charge in [-0.25, -0.2) is 4.68 Å². The van der Waals surface area contributed by atoms with Crippen LogP contribution in [-0.4, -0.2) is 33.3 Å². The smallest absolute Gasteiger partial charge is 0.322 e. The van der Waals surface area contributed by atoms with Crippen LogP contribution in [0.2, 0.25) is 0 Å². The number of carboxylic acids is 1. The van der Waals surface area contributed by atoms with Gasteiger partial charge < -0.3 is 10.4 Å². The lowest BCUT2D eigenvalue weighted by Crippen LogP contribution is -2.29. The summed E-state index contributed by atoms with van der Waals surface area (Å²) < 4.78 is 1.59. The van der Waals surface area contributed by atoms with E-state index in [9.17, 15) is 9.59 Å². The van der Waals surface area contributed by atoms with Crippen LogP contribution < -0.4 is 5.32 Å². The lowest BCUT2D eigenvalue weighted by Gasteiger charge is -2.00. The van der Waals surface area contributed by atoms with Crippen molar-refractivity contribution in [1.29, 1.82) is 0 Å². The summed E-state index contributed by atoms with van der Waals surface area (Å²) in [5.74, 6) is -1.52. The van der Waals surface area contributed by atoms with Crippen LogP contribution in [0.5, 0.6) is 0 Å². The second-order valence-corrected chi connectivity index (χ2v) is 3.98. The van der Waals surface area contributed by atoms with Gasteiger partial charge in [0, 0.05) is 6.20 Å². The molecule has 6 nitrogen and oxygen atoms in total. The predicted octanol–water partition coefficient (Wildman–Crippen LogP) is 0.995. The Morgan fingerprint density at radius 2 is 2.00 bits per heavy atom. The van der Waals surface area contributed by atoms with Gasteiger partial charge >= 0.3 is 5.97 Å². The summed E-state index contributed by atoms with van der Waals surface area (Å²) in [5.41, 5.74) is 1.75. The molecule has 0 saturated carbocycles. The Labute approximate surface area is 109 Å². The van der Waals surface area contributed by atoms with E-state index >= 15 is 0 Å². The molecule has 1 aromatic carbocycles. The Kier molecular flexibility index (Phi) is 3.61. The van der Waals surface area contributed by atoms with Gasteiger partial charge in [-0.15, -0.1) is 0 Å². The first-order valence-electron chi connectivity index (χ1n) is 5.69. The minimum absolute atomic E-state index is 0.366. The third-order valence-corrected chi connectivity index (χ3v) is 2.56. The van der Waals surface area contributed by atoms with E-state index in [2.05, 4.69) is 10.4 Å². The van der Waals surface area contributed by atoms with Crippen molar-refractivity contribution < 1.29 is 14.7 Å². The fourth-order valence-electron chi connectivity index (χ4n) is 1.65. The number of aromatic nitrogens is 2. The summed E-state index contributed by atoms with van der Waals surface area (Å²) in [4.78, 5) is 22.2. The zero-order chi connectivity index (χ0) is 13.8. The van der Waals surface area contributed by atoms with Crippen molar-refractivity contribution in [2.75, 3.05) is 6.54 Å². The Morgan fingerprint density at radius 1 is 1.32 bits per heavy atom. The van der Waals surface area contributed by atoms with Crippen LogP contribution >= 0.6 is 0 Å². The van der Waals surface area contributed by atoms with E-state index in [4.69, 9.17) is 5.11 Å². The molecular weight excluding hydrogens is 246 g/mol. The molecule has 2 rings (SSSR count). The van der Waals surface area contributed by atoms with E-state index in [0.29, 0.717) is 11.3 Å². The van der Waals surface area contributed by atoms with E-state index in [0.717, 1.165) is 5.69 Å². The number of aryl methyl sites for hydroxylation is 1. The standard InChI is InChI=1S/C13H13N3O3/c1-9-11(13(19)14-7-12(17)18)8-16(15-9)10-5-3-2-4-6-10/h2-6,8H,7H2,1H3,(H,14,19)(H,17,18).